The number of hydrazone groups is 1. The number of hydrogen-bond acceptors (Lipinski definition) is 6. The molecule has 1 amide bonds. The van der Waals surface area contributed by atoms with Crippen molar-refractivity contribution in [2.75, 3.05) is 14.1 Å². The van der Waals surface area contributed by atoms with Gasteiger partial charge in [-0.25, -0.2) is 15.4 Å². The summed E-state index contributed by atoms with van der Waals surface area (Å²) in [5.41, 5.74) is 6.88. The van der Waals surface area contributed by atoms with E-state index in [1.54, 1.807) is 45.3 Å². The maximum Gasteiger partial charge on any atom is 0.253 e. The predicted molar refractivity (Wildman–Crippen MR) is 123 cm³/mol. The maximum atomic E-state index is 12.1. The second-order valence-corrected chi connectivity index (χ2v) is 7.16. The van der Waals surface area contributed by atoms with Crippen molar-refractivity contribution in [2.24, 2.45) is 15.1 Å². The smallest absolute Gasteiger partial charge is 0.253 e. The number of ether oxygens (including phenoxy) is 1. The van der Waals surface area contributed by atoms with Crippen molar-refractivity contribution in [1.29, 1.82) is 5.41 Å². The molecule has 8 nitrogen and oxygen atoms in total. The molecule has 0 aromatic heterocycles. The lowest BCUT2D eigenvalue weighted by atomic mass is 10.1. The van der Waals surface area contributed by atoms with Crippen LogP contribution in [-0.4, -0.2) is 49.1 Å². The molecule has 0 radical (unpaired) electrons. The second-order valence-electron chi connectivity index (χ2n) is 7.16. The Bertz CT molecular complexity index is 1110. The van der Waals surface area contributed by atoms with Crippen LogP contribution in [0, 0.1) is 12.3 Å². The third-order valence-electron chi connectivity index (χ3n) is 4.59. The number of nitrogens with one attached hydrogen (secondary N) is 2. The highest BCUT2D eigenvalue weighted by Crippen LogP contribution is 2.18. The Kier molecular flexibility index (Phi) is 6.40. The first kappa shape index (κ1) is 21.6. The molecule has 0 atom stereocenters. The fraction of sp³-hybridized carbons (Fsp3) is 0.174. The van der Waals surface area contributed by atoms with Gasteiger partial charge in [-0.05, 0) is 50.4 Å². The molecule has 3 rings (SSSR count). The molecule has 1 aliphatic heterocycles. The van der Waals surface area contributed by atoms with E-state index in [0.717, 1.165) is 16.7 Å². The molecule has 0 unspecified atom stereocenters. The van der Waals surface area contributed by atoms with Crippen LogP contribution in [-0.2, 0) is 4.74 Å². The molecule has 2 aromatic carbocycles. The quantitative estimate of drug-likeness (QED) is 0.577. The van der Waals surface area contributed by atoms with Gasteiger partial charge in [-0.1, -0.05) is 29.8 Å². The summed E-state index contributed by atoms with van der Waals surface area (Å²) < 4.78 is 5.82. The fourth-order valence-electron chi connectivity index (χ4n) is 2.80. The molecule has 2 aromatic rings. The minimum absolute atomic E-state index is 0.0778. The van der Waals surface area contributed by atoms with Gasteiger partial charge in [0, 0.05) is 30.9 Å². The fourth-order valence-corrected chi connectivity index (χ4v) is 2.80. The van der Waals surface area contributed by atoms with Crippen LogP contribution >= 0.6 is 0 Å². The summed E-state index contributed by atoms with van der Waals surface area (Å²) in [4.78, 5) is 21.8. The SMILES string of the molecule is C=NC(=N)C(N=C(C)c1ccc(C(=O)N(C)C)cc1)=C1NN=C(c2ccc(C)cc2)O1. The van der Waals surface area contributed by atoms with Gasteiger partial charge in [-0.2, -0.15) is 0 Å². The number of benzene rings is 2. The van der Waals surface area contributed by atoms with Crippen LogP contribution in [0.25, 0.3) is 0 Å². The van der Waals surface area contributed by atoms with Crippen molar-refractivity contribution in [2.45, 2.75) is 13.8 Å². The Balaban J connectivity index is 1.88. The number of aliphatic imine (C=N–C) groups is 2. The van der Waals surface area contributed by atoms with Gasteiger partial charge in [-0.3, -0.25) is 10.2 Å². The zero-order valence-corrected chi connectivity index (χ0v) is 17.9. The summed E-state index contributed by atoms with van der Waals surface area (Å²) >= 11 is 0. The van der Waals surface area contributed by atoms with Gasteiger partial charge in [0.1, 0.15) is 0 Å². The lowest BCUT2D eigenvalue weighted by molar-refractivity contribution is 0.0827. The second kappa shape index (κ2) is 9.17. The van der Waals surface area contributed by atoms with E-state index in [4.69, 9.17) is 10.1 Å². The third-order valence-corrected chi connectivity index (χ3v) is 4.59. The first-order valence-electron chi connectivity index (χ1n) is 9.56. The molecule has 31 heavy (non-hydrogen) atoms. The molecule has 0 fully saturated rings. The van der Waals surface area contributed by atoms with Gasteiger partial charge in [0.15, 0.2) is 11.5 Å². The summed E-state index contributed by atoms with van der Waals surface area (Å²) in [7, 11) is 3.41. The minimum atomic E-state index is -0.151. The molecule has 0 aliphatic carbocycles. The largest absolute Gasteiger partial charge is 0.417 e. The molecule has 0 spiro atoms. The molecule has 2 N–H and O–H groups in total. The van der Waals surface area contributed by atoms with Gasteiger partial charge < -0.3 is 9.64 Å². The number of rotatable bonds is 5. The molecule has 158 valence electrons. The van der Waals surface area contributed by atoms with E-state index in [-0.39, 0.29) is 23.3 Å². The van der Waals surface area contributed by atoms with Gasteiger partial charge >= 0.3 is 0 Å². The minimum Gasteiger partial charge on any atom is -0.417 e. The number of carbonyl (C=O) groups excluding carboxylic acids is 1. The highest BCUT2D eigenvalue weighted by atomic mass is 16.5. The van der Waals surface area contributed by atoms with E-state index in [1.165, 1.54) is 4.90 Å². The number of aryl methyl sites for hydroxylation is 1. The Morgan fingerprint density at radius 2 is 1.71 bits per heavy atom. The molecule has 1 heterocycles. The van der Waals surface area contributed by atoms with Gasteiger partial charge in [0.25, 0.3) is 5.91 Å². The average Bonchev–Trinajstić information content (AvgIpc) is 3.26. The molecule has 0 saturated heterocycles. The summed E-state index contributed by atoms with van der Waals surface area (Å²) in [5, 5.41) is 12.3. The zero-order valence-electron chi connectivity index (χ0n) is 17.9. The summed E-state index contributed by atoms with van der Waals surface area (Å²) in [6, 6.07) is 14.8. The van der Waals surface area contributed by atoms with E-state index in [1.807, 2.05) is 31.2 Å². The Labute approximate surface area is 181 Å². The van der Waals surface area contributed by atoms with Crippen LogP contribution in [0.2, 0.25) is 0 Å². The molecule has 1 aliphatic rings. The number of nitrogens with zero attached hydrogens (tertiary/aromatic N) is 4. The van der Waals surface area contributed by atoms with Gasteiger partial charge in [0.2, 0.25) is 11.8 Å². The number of amidine groups is 1. The number of amides is 1. The van der Waals surface area contributed by atoms with E-state index in [2.05, 4.69) is 27.2 Å². The van der Waals surface area contributed by atoms with E-state index < -0.39 is 0 Å². The van der Waals surface area contributed by atoms with Crippen molar-refractivity contribution < 1.29 is 9.53 Å². The van der Waals surface area contributed by atoms with Crippen LogP contribution in [0.1, 0.15) is 34.0 Å². The van der Waals surface area contributed by atoms with Crippen molar-refractivity contribution in [3.63, 3.8) is 0 Å². The Morgan fingerprint density at radius 1 is 1.10 bits per heavy atom. The predicted octanol–water partition coefficient (Wildman–Crippen LogP) is 3.33. The van der Waals surface area contributed by atoms with Crippen molar-refractivity contribution in [3.8, 4) is 0 Å². The number of hydrogen-bond donors (Lipinski definition) is 2. The van der Waals surface area contributed by atoms with E-state index >= 15 is 0 Å². The normalized spacial score (nSPS) is 14.8. The molecule has 8 heteroatoms. The lowest BCUT2D eigenvalue weighted by Gasteiger charge is -2.11. The third kappa shape index (κ3) is 4.92. The summed E-state index contributed by atoms with van der Waals surface area (Å²) in [5.74, 6) is 0.350. The molecular weight excluding hydrogens is 392 g/mol. The molecular formula is C23H24N6O2. The van der Waals surface area contributed by atoms with Crippen molar-refractivity contribution >= 4 is 30.1 Å². The summed E-state index contributed by atoms with van der Waals surface area (Å²) in [6.07, 6.45) is 0. The zero-order chi connectivity index (χ0) is 22.5. The Hall–Kier alpha value is -4.07. The highest BCUT2D eigenvalue weighted by molar-refractivity contribution is 6.06. The standard InChI is InChI=1S/C23H24N6O2/c1-14-6-8-17(9-7-14)21-27-28-22(31-21)19(20(24)25-3)26-15(2)16-10-12-18(13-11-16)23(30)29(4)5/h6-13,24,28H,3H2,1-2,4-5H3. The first-order chi connectivity index (χ1) is 14.8. The van der Waals surface area contributed by atoms with Gasteiger partial charge in [0.05, 0.1) is 0 Å². The van der Waals surface area contributed by atoms with Crippen molar-refractivity contribution in [1.82, 2.24) is 10.3 Å². The van der Waals surface area contributed by atoms with Crippen LogP contribution in [0.4, 0.5) is 0 Å². The van der Waals surface area contributed by atoms with Crippen LogP contribution in [0.5, 0.6) is 0 Å². The first-order valence-corrected chi connectivity index (χ1v) is 9.56. The molecule has 0 bridgehead atoms. The van der Waals surface area contributed by atoms with Crippen molar-refractivity contribution in [3.05, 3.63) is 82.4 Å². The van der Waals surface area contributed by atoms with E-state index in [0.29, 0.717) is 17.2 Å². The topological polar surface area (TPSA) is 102 Å². The van der Waals surface area contributed by atoms with Crippen LogP contribution < -0.4 is 5.43 Å². The summed E-state index contributed by atoms with van der Waals surface area (Å²) in [6.45, 7) is 7.23. The van der Waals surface area contributed by atoms with Gasteiger partial charge in [-0.15, -0.1) is 5.10 Å². The number of carbonyl (C=O) groups is 1. The maximum absolute atomic E-state index is 12.1. The highest BCUT2D eigenvalue weighted by Gasteiger charge is 2.22. The van der Waals surface area contributed by atoms with E-state index in [9.17, 15) is 4.79 Å². The lowest BCUT2D eigenvalue weighted by Crippen LogP contribution is -2.21. The average molecular weight is 416 g/mol. The molecule has 0 saturated carbocycles. The van der Waals surface area contributed by atoms with Crippen LogP contribution in [0.15, 0.2) is 75.2 Å². The monoisotopic (exact) mass is 416 g/mol. The van der Waals surface area contributed by atoms with Crippen LogP contribution in [0.3, 0.4) is 0 Å². The Morgan fingerprint density at radius 3 is 2.29 bits per heavy atom.